The smallest absolute Gasteiger partial charge is 0.255 e. The minimum atomic E-state index is -0.464. The van der Waals surface area contributed by atoms with E-state index >= 15 is 0 Å². The second kappa shape index (κ2) is 7.49. The summed E-state index contributed by atoms with van der Waals surface area (Å²) in [5.41, 5.74) is 6.30. The largest absolute Gasteiger partial charge is 0.484 e. The highest BCUT2D eigenvalue weighted by Gasteiger charge is 2.24. The minimum absolute atomic E-state index is 0.0889. The maximum absolute atomic E-state index is 10.8. The number of likely N-dealkylation sites (tertiary alicyclic amines) is 1. The van der Waals surface area contributed by atoms with E-state index in [1.807, 2.05) is 30.6 Å². The molecule has 1 aromatic carbocycles. The first-order valence-electron chi connectivity index (χ1n) is 8.31. The van der Waals surface area contributed by atoms with Gasteiger partial charge in [0.25, 0.3) is 5.91 Å². The lowest BCUT2D eigenvalue weighted by Gasteiger charge is -2.32. The molecule has 0 unspecified atom stereocenters. The number of aryl methyl sites for hydroxylation is 1. The molecule has 3 rings (SSSR count). The molecule has 1 aromatic heterocycles. The van der Waals surface area contributed by atoms with Crippen LogP contribution in [0.2, 0.25) is 0 Å². The molecule has 1 amide bonds. The molecule has 1 aliphatic rings. The second-order valence-corrected chi connectivity index (χ2v) is 6.37. The summed E-state index contributed by atoms with van der Waals surface area (Å²) < 4.78 is 7.50. The summed E-state index contributed by atoms with van der Waals surface area (Å²) in [7, 11) is 2.06. The number of nitrogens with zero attached hydrogens (tertiary/aromatic N) is 3. The van der Waals surface area contributed by atoms with Gasteiger partial charge in [-0.3, -0.25) is 9.69 Å². The fourth-order valence-electron chi connectivity index (χ4n) is 3.33. The molecule has 0 saturated carbocycles. The Hall–Kier alpha value is -2.34. The van der Waals surface area contributed by atoms with Gasteiger partial charge in [0.2, 0.25) is 0 Å². The fourth-order valence-corrected chi connectivity index (χ4v) is 3.33. The van der Waals surface area contributed by atoms with E-state index in [2.05, 4.69) is 27.6 Å². The molecule has 1 atom stereocenters. The SMILES string of the molecule is Cn1ccnc1[C@@H]1CCCN(Cc2cccc(OCC(N)=O)c2)C1. The maximum atomic E-state index is 10.8. The zero-order chi connectivity index (χ0) is 16.9. The molecule has 2 heterocycles. The molecule has 1 fully saturated rings. The van der Waals surface area contributed by atoms with Gasteiger partial charge in [0.05, 0.1) is 0 Å². The van der Waals surface area contributed by atoms with Crippen LogP contribution < -0.4 is 10.5 Å². The quantitative estimate of drug-likeness (QED) is 0.875. The van der Waals surface area contributed by atoms with E-state index in [1.54, 1.807) is 0 Å². The van der Waals surface area contributed by atoms with Crippen LogP contribution in [0, 0.1) is 0 Å². The van der Waals surface area contributed by atoms with Gasteiger partial charge in [-0.1, -0.05) is 12.1 Å². The summed E-state index contributed by atoms with van der Waals surface area (Å²) in [5.74, 6) is 1.87. The Labute approximate surface area is 142 Å². The van der Waals surface area contributed by atoms with Crippen molar-refractivity contribution in [1.82, 2.24) is 14.5 Å². The van der Waals surface area contributed by atoms with Crippen LogP contribution in [0.1, 0.15) is 30.1 Å². The Kier molecular flexibility index (Phi) is 5.15. The van der Waals surface area contributed by atoms with E-state index in [1.165, 1.54) is 24.2 Å². The number of rotatable bonds is 6. The van der Waals surface area contributed by atoms with Crippen LogP contribution in [-0.4, -0.2) is 40.1 Å². The third-order valence-corrected chi connectivity index (χ3v) is 4.41. The first-order valence-corrected chi connectivity index (χ1v) is 8.31. The van der Waals surface area contributed by atoms with Crippen LogP contribution in [0.3, 0.4) is 0 Å². The molecule has 0 aliphatic carbocycles. The summed E-state index contributed by atoms with van der Waals surface area (Å²) in [5, 5.41) is 0. The Morgan fingerprint density at radius 1 is 1.46 bits per heavy atom. The van der Waals surface area contributed by atoms with E-state index in [9.17, 15) is 4.79 Å². The number of piperidine rings is 1. The molecule has 0 radical (unpaired) electrons. The molecule has 6 nitrogen and oxygen atoms in total. The number of benzene rings is 1. The lowest BCUT2D eigenvalue weighted by Crippen LogP contribution is -2.34. The Morgan fingerprint density at radius 2 is 2.33 bits per heavy atom. The zero-order valence-corrected chi connectivity index (χ0v) is 14.0. The number of hydrogen-bond donors (Lipinski definition) is 1. The maximum Gasteiger partial charge on any atom is 0.255 e. The van der Waals surface area contributed by atoms with Gasteiger partial charge in [-0.2, -0.15) is 0 Å². The topological polar surface area (TPSA) is 73.4 Å². The highest BCUT2D eigenvalue weighted by molar-refractivity contribution is 5.75. The number of imidazole rings is 1. The second-order valence-electron chi connectivity index (χ2n) is 6.37. The zero-order valence-electron chi connectivity index (χ0n) is 14.0. The molecule has 24 heavy (non-hydrogen) atoms. The summed E-state index contributed by atoms with van der Waals surface area (Å²) in [4.78, 5) is 17.8. The first-order chi connectivity index (χ1) is 11.6. The summed E-state index contributed by atoms with van der Waals surface area (Å²) in [6.07, 6.45) is 6.24. The van der Waals surface area contributed by atoms with Crippen LogP contribution in [0.25, 0.3) is 0 Å². The van der Waals surface area contributed by atoms with E-state index in [4.69, 9.17) is 10.5 Å². The van der Waals surface area contributed by atoms with Gasteiger partial charge in [-0.05, 0) is 37.1 Å². The number of carbonyl (C=O) groups excluding carboxylic acids is 1. The van der Waals surface area contributed by atoms with Crippen molar-refractivity contribution < 1.29 is 9.53 Å². The molecule has 1 saturated heterocycles. The normalized spacial score (nSPS) is 18.5. The third kappa shape index (κ3) is 4.14. The number of hydrogen-bond acceptors (Lipinski definition) is 4. The predicted molar refractivity (Wildman–Crippen MR) is 91.6 cm³/mol. The standard InChI is InChI=1S/C18H24N4O2/c1-21-9-7-20-18(21)15-5-3-8-22(12-15)11-14-4-2-6-16(10-14)24-13-17(19)23/h2,4,6-7,9-10,15H,3,5,8,11-13H2,1H3,(H2,19,23)/t15-/m1/s1. The van der Waals surface area contributed by atoms with Crippen molar-refractivity contribution >= 4 is 5.91 Å². The molecule has 0 spiro atoms. The van der Waals surface area contributed by atoms with Crippen molar-refractivity contribution in [3.05, 3.63) is 48.0 Å². The lowest BCUT2D eigenvalue weighted by molar-refractivity contribution is -0.119. The van der Waals surface area contributed by atoms with Crippen LogP contribution in [0.4, 0.5) is 0 Å². The first kappa shape index (κ1) is 16.5. The molecule has 2 N–H and O–H groups in total. The van der Waals surface area contributed by atoms with Crippen LogP contribution >= 0.6 is 0 Å². The highest BCUT2D eigenvalue weighted by atomic mass is 16.5. The average molecular weight is 328 g/mol. The molecule has 6 heteroatoms. The Morgan fingerprint density at radius 3 is 3.08 bits per heavy atom. The summed E-state index contributed by atoms with van der Waals surface area (Å²) in [6.45, 7) is 2.88. The fraction of sp³-hybridized carbons (Fsp3) is 0.444. The van der Waals surface area contributed by atoms with Crippen molar-refractivity contribution in [2.24, 2.45) is 12.8 Å². The van der Waals surface area contributed by atoms with Crippen LogP contribution in [-0.2, 0) is 18.4 Å². The molecule has 128 valence electrons. The number of carbonyl (C=O) groups is 1. The minimum Gasteiger partial charge on any atom is -0.484 e. The van der Waals surface area contributed by atoms with Gasteiger partial charge in [0, 0.05) is 38.4 Å². The van der Waals surface area contributed by atoms with Gasteiger partial charge in [-0.25, -0.2) is 4.98 Å². The van der Waals surface area contributed by atoms with Gasteiger partial charge in [-0.15, -0.1) is 0 Å². The van der Waals surface area contributed by atoms with Crippen molar-refractivity contribution in [3.8, 4) is 5.75 Å². The third-order valence-electron chi connectivity index (χ3n) is 4.41. The lowest BCUT2D eigenvalue weighted by atomic mass is 9.96. The van der Waals surface area contributed by atoms with Crippen molar-refractivity contribution in [1.29, 1.82) is 0 Å². The molecule has 2 aromatic rings. The number of nitrogens with two attached hydrogens (primary N) is 1. The summed E-state index contributed by atoms with van der Waals surface area (Å²) in [6, 6.07) is 7.86. The van der Waals surface area contributed by atoms with Gasteiger partial charge in [0.15, 0.2) is 6.61 Å². The molecular weight excluding hydrogens is 304 g/mol. The highest BCUT2D eigenvalue weighted by Crippen LogP contribution is 2.26. The van der Waals surface area contributed by atoms with Gasteiger partial charge in [0.1, 0.15) is 11.6 Å². The number of primary amides is 1. The number of ether oxygens (including phenoxy) is 1. The van der Waals surface area contributed by atoms with Crippen molar-refractivity contribution in [2.45, 2.75) is 25.3 Å². The van der Waals surface area contributed by atoms with E-state index in [-0.39, 0.29) is 6.61 Å². The monoisotopic (exact) mass is 328 g/mol. The average Bonchev–Trinajstić information content (AvgIpc) is 3.00. The van der Waals surface area contributed by atoms with Gasteiger partial charge >= 0.3 is 0 Å². The molecular formula is C18H24N4O2. The van der Waals surface area contributed by atoms with Gasteiger partial charge < -0.3 is 15.0 Å². The number of aromatic nitrogens is 2. The van der Waals surface area contributed by atoms with Crippen LogP contribution in [0.5, 0.6) is 5.75 Å². The van der Waals surface area contributed by atoms with Crippen molar-refractivity contribution in [2.75, 3.05) is 19.7 Å². The van der Waals surface area contributed by atoms with E-state index in [0.29, 0.717) is 11.7 Å². The van der Waals surface area contributed by atoms with Crippen molar-refractivity contribution in [3.63, 3.8) is 0 Å². The predicted octanol–water partition coefficient (Wildman–Crippen LogP) is 1.66. The summed E-state index contributed by atoms with van der Waals surface area (Å²) >= 11 is 0. The molecule has 1 aliphatic heterocycles. The Bertz CT molecular complexity index is 698. The van der Waals surface area contributed by atoms with E-state index < -0.39 is 5.91 Å². The van der Waals surface area contributed by atoms with E-state index in [0.717, 1.165) is 19.6 Å². The Balaban J connectivity index is 1.62. The number of amides is 1. The van der Waals surface area contributed by atoms with Crippen LogP contribution in [0.15, 0.2) is 36.7 Å². The molecule has 0 bridgehead atoms.